The van der Waals surface area contributed by atoms with Crippen LogP contribution in [0.3, 0.4) is 0 Å². The van der Waals surface area contributed by atoms with Crippen LogP contribution in [0.15, 0.2) is 24.5 Å². The zero-order valence-corrected chi connectivity index (χ0v) is 15.6. The normalized spacial score (nSPS) is 23.1. The summed E-state index contributed by atoms with van der Waals surface area (Å²) in [5, 5.41) is 0. The minimum absolute atomic E-state index is 0.141. The lowest BCUT2D eigenvalue weighted by molar-refractivity contribution is 0.416. The van der Waals surface area contributed by atoms with Gasteiger partial charge < -0.3 is 15.5 Å². The van der Waals surface area contributed by atoms with Gasteiger partial charge in [-0.15, -0.1) is 0 Å². The van der Waals surface area contributed by atoms with Crippen LogP contribution in [0.1, 0.15) is 37.2 Å². The van der Waals surface area contributed by atoms with Gasteiger partial charge in [0.25, 0.3) is 0 Å². The van der Waals surface area contributed by atoms with E-state index in [1.165, 1.54) is 6.42 Å². The van der Waals surface area contributed by atoms with Gasteiger partial charge in [0, 0.05) is 50.3 Å². The van der Waals surface area contributed by atoms with Gasteiger partial charge in [-0.3, -0.25) is 0 Å². The highest BCUT2D eigenvalue weighted by Crippen LogP contribution is 2.32. The van der Waals surface area contributed by atoms with Crippen molar-refractivity contribution < 1.29 is 13.2 Å². The molecule has 28 heavy (non-hydrogen) atoms. The molecule has 8 heteroatoms. The number of nitrogens with two attached hydrogens (primary N) is 1. The molecule has 1 aromatic heterocycles. The van der Waals surface area contributed by atoms with Crippen LogP contribution in [0.2, 0.25) is 0 Å². The van der Waals surface area contributed by atoms with Crippen molar-refractivity contribution in [3.63, 3.8) is 0 Å². The van der Waals surface area contributed by atoms with E-state index in [9.17, 15) is 13.2 Å². The van der Waals surface area contributed by atoms with E-state index in [2.05, 4.69) is 14.9 Å². The number of hydrogen-bond acceptors (Lipinski definition) is 5. The van der Waals surface area contributed by atoms with Crippen molar-refractivity contribution in [1.82, 2.24) is 9.97 Å². The standard InChI is InChI=1S/C20H24F3N5/c21-15-9-17(23)16(22)8-14(15)13-4-7-28(11-18(13)24)20-10-19(25-12-26-20)27-5-2-1-3-6-27/h8-10,12-13,18H,1-7,11,24H2/t13-,18+/m1/s1. The molecule has 0 amide bonds. The lowest BCUT2D eigenvalue weighted by atomic mass is 9.85. The Kier molecular flexibility index (Phi) is 5.39. The average molecular weight is 391 g/mol. The first-order chi connectivity index (χ1) is 13.5. The Labute approximate surface area is 162 Å². The monoisotopic (exact) mass is 391 g/mol. The highest BCUT2D eigenvalue weighted by molar-refractivity contribution is 5.51. The molecule has 0 aliphatic carbocycles. The maximum Gasteiger partial charge on any atom is 0.161 e. The van der Waals surface area contributed by atoms with Gasteiger partial charge in [-0.05, 0) is 37.3 Å². The molecule has 0 bridgehead atoms. The summed E-state index contributed by atoms with van der Waals surface area (Å²) in [5.41, 5.74) is 6.44. The summed E-state index contributed by atoms with van der Waals surface area (Å²) in [7, 11) is 0. The summed E-state index contributed by atoms with van der Waals surface area (Å²) >= 11 is 0. The van der Waals surface area contributed by atoms with Gasteiger partial charge in [0.05, 0.1) is 0 Å². The van der Waals surface area contributed by atoms with Crippen LogP contribution in [0.4, 0.5) is 24.8 Å². The second kappa shape index (κ2) is 7.95. The van der Waals surface area contributed by atoms with Gasteiger partial charge in [0.1, 0.15) is 23.8 Å². The van der Waals surface area contributed by atoms with Crippen LogP contribution < -0.4 is 15.5 Å². The minimum atomic E-state index is -1.18. The molecular formula is C20H24F3N5. The van der Waals surface area contributed by atoms with E-state index in [0.717, 1.165) is 43.6 Å². The van der Waals surface area contributed by atoms with Crippen molar-refractivity contribution in [3.05, 3.63) is 47.5 Å². The number of anilines is 2. The molecule has 2 atom stereocenters. The zero-order chi connectivity index (χ0) is 19.7. The third-order valence-corrected chi connectivity index (χ3v) is 5.74. The van der Waals surface area contributed by atoms with Gasteiger partial charge >= 0.3 is 0 Å². The van der Waals surface area contributed by atoms with Crippen molar-refractivity contribution >= 4 is 11.6 Å². The molecule has 150 valence electrons. The summed E-state index contributed by atoms with van der Waals surface area (Å²) in [5.74, 6) is -1.65. The van der Waals surface area contributed by atoms with E-state index >= 15 is 0 Å². The number of aromatic nitrogens is 2. The Balaban J connectivity index is 1.49. The molecule has 0 spiro atoms. The molecule has 2 N–H and O–H groups in total. The molecule has 2 aliphatic rings. The fourth-order valence-electron chi connectivity index (χ4n) is 4.20. The third kappa shape index (κ3) is 3.78. The Hall–Kier alpha value is -2.35. The maximum absolute atomic E-state index is 14.2. The second-order valence-electron chi connectivity index (χ2n) is 7.57. The van der Waals surface area contributed by atoms with E-state index in [-0.39, 0.29) is 11.5 Å². The van der Waals surface area contributed by atoms with Crippen molar-refractivity contribution in [3.8, 4) is 0 Å². The van der Waals surface area contributed by atoms with Gasteiger partial charge in [0.15, 0.2) is 11.6 Å². The maximum atomic E-state index is 14.2. The van der Waals surface area contributed by atoms with Crippen LogP contribution >= 0.6 is 0 Å². The number of benzene rings is 1. The summed E-state index contributed by atoms with van der Waals surface area (Å²) in [6.45, 7) is 3.05. The van der Waals surface area contributed by atoms with Crippen molar-refractivity contribution in [2.24, 2.45) is 5.73 Å². The highest BCUT2D eigenvalue weighted by Gasteiger charge is 2.31. The van der Waals surface area contributed by atoms with Crippen molar-refractivity contribution in [2.75, 3.05) is 36.0 Å². The molecule has 2 aromatic rings. The first-order valence-electron chi connectivity index (χ1n) is 9.75. The number of piperidine rings is 2. The molecule has 0 radical (unpaired) electrons. The average Bonchev–Trinajstić information content (AvgIpc) is 2.72. The number of hydrogen-bond donors (Lipinski definition) is 1. The van der Waals surface area contributed by atoms with Crippen LogP contribution in [-0.2, 0) is 0 Å². The number of nitrogens with zero attached hydrogens (tertiary/aromatic N) is 4. The number of rotatable bonds is 3. The predicted octanol–water partition coefficient (Wildman–Crippen LogP) is 3.21. The Morgan fingerprint density at radius 2 is 1.50 bits per heavy atom. The fraction of sp³-hybridized carbons (Fsp3) is 0.500. The van der Waals surface area contributed by atoms with E-state index in [1.807, 2.05) is 11.0 Å². The first-order valence-corrected chi connectivity index (χ1v) is 9.75. The van der Waals surface area contributed by atoms with E-state index in [0.29, 0.717) is 25.6 Å². The van der Waals surface area contributed by atoms with Gasteiger partial charge in [0.2, 0.25) is 0 Å². The summed E-state index contributed by atoms with van der Waals surface area (Å²) in [6.07, 6.45) is 5.67. The molecular weight excluding hydrogens is 367 g/mol. The Morgan fingerprint density at radius 1 is 0.821 bits per heavy atom. The molecule has 3 heterocycles. The van der Waals surface area contributed by atoms with Crippen LogP contribution in [0.5, 0.6) is 0 Å². The minimum Gasteiger partial charge on any atom is -0.356 e. The van der Waals surface area contributed by atoms with Crippen LogP contribution in [0, 0.1) is 17.5 Å². The molecule has 0 unspecified atom stereocenters. The predicted molar refractivity (Wildman–Crippen MR) is 102 cm³/mol. The second-order valence-corrected chi connectivity index (χ2v) is 7.57. The lowest BCUT2D eigenvalue weighted by Crippen LogP contribution is -2.48. The van der Waals surface area contributed by atoms with E-state index in [1.54, 1.807) is 6.33 Å². The molecule has 2 saturated heterocycles. The molecule has 1 aromatic carbocycles. The Morgan fingerprint density at radius 3 is 2.21 bits per heavy atom. The van der Waals surface area contributed by atoms with Crippen molar-refractivity contribution in [2.45, 2.75) is 37.6 Å². The smallest absolute Gasteiger partial charge is 0.161 e. The van der Waals surface area contributed by atoms with Gasteiger partial charge in [-0.2, -0.15) is 0 Å². The lowest BCUT2D eigenvalue weighted by Gasteiger charge is -2.38. The van der Waals surface area contributed by atoms with Gasteiger partial charge in [-0.25, -0.2) is 23.1 Å². The van der Waals surface area contributed by atoms with Crippen molar-refractivity contribution in [1.29, 1.82) is 0 Å². The fourth-order valence-corrected chi connectivity index (χ4v) is 4.20. The molecule has 2 fully saturated rings. The van der Waals surface area contributed by atoms with E-state index < -0.39 is 23.5 Å². The summed E-state index contributed by atoms with van der Waals surface area (Å²) in [4.78, 5) is 13.1. The molecule has 5 nitrogen and oxygen atoms in total. The summed E-state index contributed by atoms with van der Waals surface area (Å²) < 4.78 is 41.0. The molecule has 2 aliphatic heterocycles. The largest absolute Gasteiger partial charge is 0.356 e. The number of halogens is 3. The zero-order valence-electron chi connectivity index (χ0n) is 15.6. The topological polar surface area (TPSA) is 58.3 Å². The first kappa shape index (κ1) is 19.0. The third-order valence-electron chi connectivity index (χ3n) is 5.74. The van der Waals surface area contributed by atoms with Crippen LogP contribution in [-0.4, -0.2) is 42.2 Å². The summed E-state index contributed by atoms with van der Waals surface area (Å²) in [6, 6.07) is 3.08. The Bertz CT molecular complexity index is 841. The van der Waals surface area contributed by atoms with Gasteiger partial charge in [-0.1, -0.05) is 0 Å². The molecule has 0 saturated carbocycles. The van der Waals surface area contributed by atoms with Crippen LogP contribution in [0.25, 0.3) is 0 Å². The van der Waals surface area contributed by atoms with E-state index in [4.69, 9.17) is 5.73 Å². The highest BCUT2D eigenvalue weighted by atomic mass is 19.2. The molecule has 4 rings (SSSR count). The SMILES string of the molecule is N[C@H]1CN(c2cc(N3CCCCC3)ncn2)CC[C@@H]1c1cc(F)c(F)cc1F. The quantitative estimate of drug-likeness (QED) is 0.815.